The fraction of sp³-hybridized carbons (Fsp3) is 0.533. The minimum Gasteiger partial charge on any atom is -0.367 e. The lowest BCUT2D eigenvalue weighted by molar-refractivity contribution is 0.194. The maximum Gasteiger partial charge on any atom is 0.317 e. The van der Waals surface area contributed by atoms with Crippen LogP contribution in [0.5, 0.6) is 0 Å². The summed E-state index contributed by atoms with van der Waals surface area (Å²) in [4.78, 5) is 16.1. The SMILES string of the molecule is CCCNC(=O)N1CCN(c2ccc(C)cc2Br)CC1. The molecule has 1 aromatic carbocycles. The molecule has 20 heavy (non-hydrogen) atoms. The van der Waals surface area contributed by atoms with Gasteiger partial charge in [-0.3, -0.25) is 0 Å². The van der Waals surface area contributed by atoms with E-state index in [1.807, 2.05) is 4.90 Å². The lowest BCUT2D eigenvalue weighted by atomic mass is 10.2. The molecule has 1 saturated heterocycles. The summed E-state index contributed by atoms with van der Waals surface area (Å²) in [6.07, 6.45) is 0.974. The van der Waals surface area contributed by atoms with Crippen LogP contribution in [0.1, 0.15) is 18.9 Å². The van der Waals surface area contributed by atoms with Crippen molar-refractivity contribution in [3.05, 3.63) is 28.2 Å². The van der Waals surface area contributed by atoms with Crippen LogP contribution in [0.2, 0.25) is 0 Å². The van der Waals surface area contributed by atoms with Crippen molar-refractivity contribution in [2.24, 2.45) is 0 Å². The molecule has 1 N–H and O–H groups in total. The van der Waals surface area contributed by atoms with E-state index in [-0.39, 0.29) is 6.03 Å². The molecule has 1 aromatic rings. The minimum atomic E-state index is 0.0643. The van der Waals surface area contributed by atoms with Crippen molar-refractivity contribution in [1.82, 2.24) is 10.2 Å². The molecule has 2 amide bonds. The fourth-order valence-corrected chi connectivity index (χ4v) is 3.11. The number of hydrogen-bond donors (Lipinski definition) is 1. The smallest absolute Gasteiger partial charge is 0.317 e. The van der Waals surface area contributed by atoms with Crippen molar-refractivity contribution < 1.29 is 4.79 Å². The Morgan fingerprint density at radius 2 is 2.00 bits per heavy atom. The second-order valence-corrected chi connectivity index (χ2v) is 6.02. The number of nitrogens with one attached hydrogen (secondary N) is 1. The van der Waals surface area contributed by atoms with E-state index in [9.17, 15) is 4.79 Å². The second-order valence-electron chi connectivity index (χ2n) is 5.16. The zero-order valence-electron chi connectivity index (χ0n) is 12.2. The van der Waals surface area contributed by atoms with Gasteiger partial charge in [0, 0.05) is 37.2 Å². The van der Waals surface area contributed by atoms with Gasteiger partial charge in [-0.2, -0.15) is 0 Å². The second kappa shape index (κ2) is 6.97. The third-order valence-electron chi connectivity index (χ3n) is 3.54. The van der Waals surface area contributed by atoms with E-state index in [1.165, 1.54) is 11.3 Å². The summed E-state index contributed by atoms with van der Waals surface area (Å²) >= 11 is 3.63. The molecule has 1 fully saturated rings. The van der Waals surface area contributed by atoms with Gasteiger partial charge in [0.25, 0.3) is 0 Å². The molecule has 1 aliphatic heterocycles. The monoisotopic (exact) mass is 339 g/mol. The molecule has 1 heterocycles. The van der Waals surface area contributed by atoms with E-state index in [4.69, 9.17) is 0 Å². The first-order valence-corrected chi connectivity index (χ1v) is 7.95. The Balaban J connectivity index is 1.92. The van der Waals surface area contributed by atoms with Crippen LogP contribution in [-0.2, 0) is 0 Å². The van der Waals surface area contributed by atoms with Crippen LogP contribution >= 0.6 is 15.9 Å². The van der Waals surface area contributed by atoms with Gasteiger partial charge in [0.05, 0.1) is 5.69 Å². The average molecular weight is 340 g/mol. The molecule has 0 radical (unpaired) electrons. The lowest BCUT2D eigenvalue weighted by Crippen LogP contribution is -2.52. The summed E-state index contributed by atoms with van der Waals surface area (Å²) < 4.78 is 1.13. The number of halogens is 1. The number of aryl methyl sites for hydroxylation is 1. The van der Waals surface area contributed by atoms with Gasteiger partial charge in [0.2, 0.25) is 0 Å². The number of hydrogen-bond acceptors (Lipinski definition) is 2. The first kappa shape index (κ1) is 15.2. The molecule has 5 heteroatoms. The predicted octanol–water partition coefficient (Wildman–Crippen LogP) is 3.00. The molecule has 0 aromatic heterocycles. The first-order valence-electron chi connectivity index (χ1n) is 7.15. The van der Waals surface area contributed by atoms with Gasteiger partial charge in [0.15, 0.2) is 0 Å². The highest BCUT2D eigenvalue weighted by atomic mass is 79.9. The summed E-state index contributed by atoms with van der Waals surface area (Å²) in [7, 11) is 0. The van der Waals surface area contributed by atoms with Crippen LogP contribution in [0, 0.1) is 6.92 Å². The third kappa shape index (κ3) is 3.66. The van der Waals surface area contributed by atoms with Gasteiger partial charge in [-0.15, -0.1) is 0 Å². The molecule has 0 atom stereocenters. The normalized spacial score (nSPS) is 15.3. The van der Waals surface area contributed by atoms with Gasteiger partial charge in [-0.25, -0.2) is 4.79 Å². The quantitative estimate of drug-likeness (QED) is 0.918. The largest absolute Gasteiger partial charge is 0.367 e. The minimum absolute atomic E-state index is 0.0643. The number of amides is 2. The van der Waals surface area contributed by atoms with Crippen molar-refractivity contribution in [1.29, 1.82) is 0 Å². The Kier molecular flexibility index (Phi) is 5.29. The predicted molar refractivity (Wildman–Crippen MR) is 86.4 cm³/mol. The lowest BCUT2D eigenvalue weighted by Gasteiger charge is -2.36. The molecule has 0 aliphatic carbocycles. The van der Waals surface area contributed by atoms with Crippen LogP contribution < -0.4 is 10.2 Å². The first-order chi connectivity index (χ1) is 9.61. The average Bonchev–Trinajstić information content (AvgIpc) is 2.45. The maximum atomic E-state index is 11.9. The number of benzene rings is 1. The van der Waals surface area contributed by atoms with E-state index in [0.29, 0.717) is 0 Å². The number of nitrogens with zero attached hydrogens (tertiary/aromatic N) is 2. The molecular formula is C15H22BrN3O. The van der Waals surface area contributed by atoms with E-state index in [0.717, 1.165) is 43.6 Å². The Bertz CT molecular complexity index is 470. The number of rotatable bonds is 3. The van der Waals surface area contributed by atoms with Crippen molar-refractivity contribution >= 4 is 27.6 Å². The van der Waals surface area contributed by atoms with Crippen molar-refractivity contribution in [2.75, 3.05) is 37.6 Å². The summed E-state index contributed by atoms with van der Waals surface area (Å²) in [6.45, 7) is 8.20. The summed E-state index contributed by atoms with van der Waals surface area (Å²) in [5.41, 5.74) is 2.46. The summed E-state index contributed by atoms with van der Waals surface area (Å²) in [5, 5.41) is 2.93. The number of piperazine rings is 1. The number of urea groups is 1. The third-order valence-corrected chi connectivity index (χ3v) is 4.17. The van der Waals surface area contributed by atoms with Crippen LogP contribution in [0.25, 0.3) is 0 Å². The van der Waals surface area contributed by atoms with E-state index in [1.54, 1.807) is 0 Å². The van der Waals surface area contributed by atoms with Crippen molar-refractivity contribution in [2.45, 2.75) is 20.3 Å². The Morgan fingerprint density at radius 3 is 2.60 bits per heavy atom. The van der Waals surface area contributed by atoms with Gasteiger partial charge < -0.3 is 15.1 Å². The molecule has 110 valence electrons. The van der Waals surface area contributed by atoms with Gasteiger partial charge in [-0.05, 0) is 47.0 Å². The zero-order chi connectivity index (χ0) is 14.5. The van der Waals surface area contributed by atoms with Gasteiger partial charge >= 0.3 is 6.03 Å². The highest BCUT2D eigenvalue weighted by molar-refractivity contribution is 9.10. The number of carbonyl (C=O) groups is 1. The van der Waals surface area contributed by atoms with E-state index in [2.05, 4.69) is 58.2 Å². The summed E-state index contributed by atoms with van der Waals surface area (Å²) in [6, 6.07) is 6.47. The molecule has 0 spiro atoms. The Labute approximate surface area is 129 Å². The van der Waals surface area contributed by atoms with Crippen LogP contribution in [0.3, 0.4) is 0 Å². The molecular weight excluding hydrogens is 318 g/mol. The highest BCUT2D eigenvalue weighted by Crippen LogP contribution is 2.28. The number of carbonyl (C=O) groups excluding carboxylic acids is 1. The molecule has 0 unspecified atom stereocenters. The molecule has 0 bridgehead atoms. The molecule has 1 aliphatic rings. The topological polar surface area (TPSA) is 35.6 Å². The Morgan fingerprint density at radius 1 is 1.30 bits per heavy atom. The highest BCUT2D eigenvalue weighted by Gasteiger charge is 2.21. The molecule has 4 nitrogen and oxygen atoms in total. The van der Waals surface area contributed by atoms with Crippen LogP contribution in [-0.4, -0.2) is 43.7 Å². The maximum absolute atomic E-state index is 11.9. The standard InChI is InChI=1S/C15H22BrN3O/c1-3-6-17-15(20)19-9-7-18(8-10-19)14-5-4-12(2)11-13(14)16/h4-5,11H,3,6-10H2,1-2H3,(H,17,20). The van der Waals surface area contributed by atoms with E-state index >= 15 is 0 Å². The van der Waals surface area contributed by atoms with Gasteiger partial charge in [0.1, 0.15) is 0 Å². The van der Waals surface area contributed by atoms with E-state index < -0.39 is 0 Å². The molecule has 2 rings (SSSR count). The number of anilines is 1. The zero-order valence-corrected chi connectivity index (χ0v) is 13.7. The van der Waals surface area contributed by atoms with Crippen LogP contribution in [0.4, 0.5) is 10.5 Å². The molecule has 0 saturated carbocycles. The fourth-order valence-electron chi connectivity index (χ4n) is 2.36. The Hall–Kier alpha value is -1.23. The van der Waals surface area contributed by atoms with Crippen LogP contribution in [0.15, 0.2) is 22.7 Å². The van der Waals surface area contributed by atoms with Gasteiger partial charge in [-0.1, -0.05) is 13.0 Å². The van der Waals surface area contributed by atoms with Crippen molar-refractivity contribution in [3.8, 4) is 0 Å². The van der Waals surface area contributed by atoms with Crippen molar-refractivity contribution in [3.63, 3.8) is 0 Å². The summed E-state index contributed by atoms with van der Waals surface area (Å²) in [5.74, 6) is 0.